The number of nitrogens with zero attached hydrogens (tertiary/aromatic N) is 3. The Hall–Kier alpha value is -2.14. The van der Waals surface area contributed by atoms with Gasteiger partial charge in [-0.1, -0.05) is 18.2 Å². The Bertz CT molecular complexity index is 692. The lowest BCUT2D eigenvalue weighted by molar-refractivity contribution is 0.0661. The molecule has 0 aliphatic carbocycles. The number of aryl methyl sites for hydroxylation is 1. The summed E-state index contributed by atoms with van der Waals surface area (Å²) in [5, 5.41) is 4.36. The van der Waals surface area contributed by atoms with E-state index in [-0.39, 0.29) is 11.9 Å². The van der Waals surface area contributed by atoms with Crippen molar-refractivity contribution in [3.63, 3.8) is 0 Å². The van der Waals surface area contributed by atoms with Crippen LogP contribution in [0.25, 0.3) is 5.69 Å². The Morgan fingerprint density at radius 3 is 2.91 bits per heavy atom. The molecule has 0 spiro atoms. The molecule has 2 unspecified atom stereocenters. The number of rotatable bonds is 3. The zero-order chi connectivity index (χ0) is 16.4. The highest BCUT2D eigenvalue weighted by molar-refractivity contribution is 5.93. The number of carbonyl (C=O) groups is 1. The van der Waals surface area contributed by atoms with Gasteiger partial charge in [0.15, 0.2) is 0 Å². The predicted octanol–water partition coefficient (Wildman–Crippen LogP) is 2.38. The molecule has 1 amide bonds. The number of likely N-dealkylation sites (tertiary alicyclic amines) is 1. The van der Waals surface area contributed by atoms with Crippen LogP contribution in [-0.2, 0) is 0 Å². The summed E-state index contributed by atoms with van der Waals surface area (Å²) in [6.45, 7) is 5.61. The molecule has 1 aliphatic rings. The minimum atomic E-state index is 0.0511. The Morgan fingerprint density at radius 2 is 2.17 bits per heavy atom. The third-order valence-electron chi connectivity index (χ3n) is 4.68. The maximum absolute atomic E-state index is 12.7. The molecule has 5 heteroatoms. The van der Waals surface area contributed by atoms with Gasteiger partial charge < -0.3 is 10.6 Å². The van der Waals surface area contributed by atoms with E-state index in [2.05, 4.69) is 5.10 Å². The van der Waals surface area contributed by atoms with Gasteiger partial charge in [-0.15, -0.1) is 0 Å². The highest BCUT2D eigenvalue weighted by Gasteiger charge is 2.27. The van der Waals surface area contributed by atoms with Crippen molar-refractivity contribution in [3.05, 3.63) is 47.8 Å². The summed E-state index contributed by atoms with van der Waals surface area (Å²) in [5.41, 5.74) is 8.78. The molecule has 2 heterocycles. The van der Waals surface area contributed by atoms with Crippen molar-refractivity contribution in [1.29, 1.82) is 0 Å². The average molecular weight is 312 g/mol. The van der Waals surface area contributed by atoms with Crippen LogP contribution in [0.2, 0.25) is 0 Å². The van der Waals surface area contributed by atoms with E-state index >= 15 is 0 Å². The zero-order valence-electron chi connectivity index (χ0n) is 13.8. The fourth-order valence-electron chi connectivity index (χ4n) is 3.19. The van der Waals surface area contributed by atoms with Crippen molar-refractivity contribution in [2.75, 3.05) is 13.1 Å². The molecule has 5 nitrogen and oxygen atoms in total. The molecule has 0 saturated carbocycles. The van der Waals surface area contributed by atoms with Gasteiger partial charge in [-0.2, -0.15) is 5.10 Å². The number of carbonyl (C=O) groups excluding carboxylic acids is 1. The van der Waals surface area contributed by atoms with E-state index in [1.807, 2.05) is 49.2 Å². The smallest absolute Gasteiger partial charge is 0.257 e. The minimum absolute atomic E-state index is 0.0511. The van der Waals surface area contributed by atoms with E-state index in [0.29, 0.717) is 11.5 Å². The van der Waals surface area contributed by atoms with Crippen LogP contribution in [0, 0.1) is 12.8 Å². The summed E-state index contributed by atoms with van der Waals surface area (Å²) in [4.78, 5) is 14.6. The second-order valence-corrected chi connectivity index (χ2v) is 6.47. The fraction of sp³-hybridized carbons (Fsp3) is 0.444. The SMILES string of the molecule is Cc1ccccc1-n1cc(C(=O)N2CCCC(C(C)N)C2)cn1. The Morgan fingerprint density at radius 1 is 1.39 bits per heavy atom. The number of piperidine rings is 1. The second-order valence-electron chi connectivity index (χ2n) is 6.47. The molecule has 1 saturated heterocycles. The quantitative estimate of drug-likeness (QED) is 0.946. The van der Waals surface area contributed by atoms with Crippen LogP contribution in [0.15, 0.2) is 36.7 Å². The normalized spacial score (nSPS) is 19.6. The molecule has 2 N–H and O–H groups in total. The van der Waals surface area contributed by atoms with Gasteiger partial charge >= 0.3 is 0 Å². The summed E-state index contributed by atoms with van der Waals surface area (Å²) in [6, 6.07) is 8.14. The second kappa shape index (κ2) is 6.54. The third kappa shape index (κ3) is 3.29. The molecule has 2 aromatic rings. The van der Waals surface area contributed by atoms with Crippen molar-refractivity contribution < 1.29 is 4.79 Å². The van der Waals surface area contributed by atoms with Crippen molar-refractivity contribution in [2.45, 2.75) is 32.7 Å². The highest BCUT2D eigenvalue weighted by Crippen LogP contribution is 2.21. The fourth-order valence-corrected chi connectivity index (χ4v) is 3.19. The number of para-hydroxylation sites is 1. The first kappa shape index (κ1) is 15.7. The molecule has 1 aromatic heterocycles. The number of benzene rings is 1. The first-order chi connectivity index (χ1) is 11.1. The van der Waals surface area contributed by atoms with E-state index in [9.17, 15) is 4.79 Å². The zero-order valence-corrected chi connectivity index (χ0v) is 13.8. The Balaban J connectivity index is 1.78. The number of amides is 1. The van der Waals surface area contributed by atoms with Crippen LogP contribution in [0.3, 0.4) is 0 Å². The van der Waals surface area contributed by atoms with Gasteiger partial charge in [0.05, 0.1) is 17.4 Å². The van der Waals surface area contributed by atoms with Gasteiger partial charge in [0, 0.05) is 25.3 Å². The summed E-state index contributed by atoms with van der Waals surface area (Å²) in [5.74, 6) is 0.439. The van der Waals surface area contributed by atoms with Crippen LogP contribution in [0.5, 0.6) is 0 Å². The van der Waals surface area contributed by atoms with Gasteiger partial charge in [-0.3, -0.25) is 4.79 Å². The van der Waals surface area contributed by atoms with E-state index in [4.69, 9.17) is 5.73 Å². The average Bonchev–Trinajstić information content (AvgIpc) is 3.04. The first-order valence-corrected chi connectivity index (χ1v) is 8.22. The molecule has 1 fully saturated rings. The van der Waals surface area contributed by atoms with Crippen molar-refractivity contribution in [3.8, 4) is 5.69 Å². The standard InChI is InChI=1S/C18H24N4O/c1-13-6-3-4-8-17(13)22-12-16(10-20-22)18(23)21-9-5-7-15(11-21)14(2)19/h3-4,6,8,10,12,14-15H,5,7,9,11,19H2,1-2H3. The molecular weight excluding hydrogens is 288 g/mol. The number of aromatic nitrogens is 2. The lowest BCUT2D eigenvalue weighted by atomic mass is 9.92. The van der Waals surface area contributed by atoms with Crippen LogP contribution in [0.4, 0.5) is 0 Å². The maximum atomic E-state index is 12.7. The minimum Gasteiger partial charge on any atom is -0.338 e. The van der Waals surface area contributed by atoms with E-state index in [1.54, 1.807) is 10.9 Å². The number of hydrogen-bond donors (Lipinski definition) is 1. The molecule has 23 heavy (non-hydrogen) atoms. The molecule has 1 aromatic carbocycles. The largest absolute Gasteiger partial charge is 0.338 e. The molecule has 1 aliphatic heterocycles. The molecule has 2 atom stereocenters. The van der Waals surface area contributed by atoms with Gasteiger partial charge in [-0.25, -0.2) is 4.68 Å². The van der Waals surface area contributed by atoms with Crippen molar-refractivity contribution in [2.24, 2.45) is 11.7 Å². The van der Waals surface area contributed by atoms with Crippen molar-refractivity contribution in [1.82, 2.24) is 14.7 Å². The Kier molecular flexibility index (Phi) is 4.48. The van der Waals surface area contributed by atoms with Crippen LogP contribution >= 0.6 is 0 Å². The van der Waals surface area contributed by atoms with E-state index < -0.39 is 0 Å². The highest BCUT2D eigenvalue weighted by atomic mass is 16.2. The molecule has 3 rings (SSSR count). The maximum Gasteiger partial charge on any atom is 0.257 e. The summed E-state index contributed by atoms with van der Waals surface area (Å²) in [7, 11) is 0. The van der Waals surface area contributed by atoms with Gasteiger partial charge in [0.25, 0.3) is 5.91 Å². The third-order valence-corrected chi connectivity index (χ3v) is 4.68. The lowest BCUT2D eigenvalue weighted by Crippen LogP contribution is -2.45. The summed E-state index contributed by atoms with van der Waals surface area (Å²) in [6.07, 6.45) is 5.60. The number of nitrogens with two attached hydrogens (primary N) is 1. The molecular formula is C18H24N4O. The van der Waals surface area contributed by atoms with Gasteiger partial charge in [0.1, 0.15) is 0 Å². The Labute approximate surface area is 137 Å². The predicted molar refractivity (Wildman–Crippen MR) is 90.6 cm³/mol. The van der Waals surface area contributed by atoms with Gasteiger partial charge in [-0.05, 0) is 44.2 Å². The van der Waals surface area contributed by atoms with Crippen LogP contribution < -0.4 is 5.73 Å². The van der Waals surface area contributed by atoms with Crippen LogP contribution in [0.1, 0.15) is 35.7 Å². The summed E-state index contributed by atoms with van der Waals surface area (Å²) >= 11 is 0. The van der Waals surface area contributed by atoms with E-state index in [0.717, 1.165) is 37.2 Å². The lowest BCUT2D eigenvalue weighted by Gasteiger charge is -2.34. The van der Waals surface area contributed by atoms with E-state index in [1.165, 1.54) is 0 Å². The topological polar surface area (TPSA) is 64.2 Å². The molecule has 122 valence electrons. The van der Waals surface area contributed by atoms with Crippen LogP contribution in [-0.4, -0.2) is 39.7 Å². The summed E-state index contributed by atoms with van der Waals surface area (Å²) < 4.78 is 1.77. The monoisotopic (exact) mass is 312 g/mol. The molecule has 0 bridgehead atoms. The first-order valence-electron chi connectivity index (χ1n) is 8.22. The van der Waals surface area contributed by atoms with Gasteiger partial charge in [0.2, 0.25) is 0 Å². The molecule has 0 radical (unpaired) electrons. The number of hydrogen-bond acceptors (Lipinski definition) is 3. The van der Waals surface area contributed by atoms with Crippen molar-refractivity contribution >= 4 is 5.91 Å².